The molecule has 0 aromatic heterocycles. The number of benzene rings is 1. The highest BCUT2D eigenvalue weighted by molar-refractivity contribution is 8.12. The van der Waals surface area contributed by atoms with E-state index in [1.807, 2.05) is 30.3 Å². The molecule has 1 aliphatic rings. The Morgan fingerprint density at radius 2 is 1.94 bits per heavy atom. The normalized spacial score (nSPS) is 22.8. The van der Waals surface area contributed by atoms with Gasteiger partial charge in [-0.25, -0.2) is 4.58 Å². The number of ketones is 1. The van der Waals surface area contributed by atoms with Gasteiger partial charge in [0.25, 0.3) is 0 Å². The predicted octanol–water partition coefficient (Wildman–Crippen LogP) is -0.562. The van der Waals surface area contributed by atoms with E-state index in [1.165, 1.54) is 0 Å². The quantitative estimate of drug-likeness (QED) is 0.542. The number of hydrogen-bond acceptors (Lipinski definition) is 2. The molecule has 17 heavy (non-hydrogen) atoms. The lowest BCUT2D eigenvalue weighted by atomic mass is 10.1. The topological polar surface area (TPSA) is 20.1 Å². The van der Waals surface area contributed by atoms with Crippen molar-refractivity contribution in [1.29, 1.82) is 0 Å². The Morgan fingerprint density at radius 3 is 2.47 bits per heavy atom. The van der Waals surface area contributed by atoms with E-state index >= 15 is 0 Å². The van der Waals surface area contributed by atoms with Gasteiger partial charge in [-0.3, -0.25) is 4.79 Å². The molecule has 1 aliphatic heterocycles. The van der Waals surface area contributed by atoms with E-state index in [0.29, 0.717) is 17.8 Å². The highest BCUT2D eigenvalue weighted by atomic mass is 35.5. The lowest BCUT2D eigenvalue weighted by Gasteiger charge is -2.07. The van der Waals surface area contributed by atoms with Crippen LogP contribution in [0.3, 0.4) is 0 Å². The van der Waals surface area contributed by atoms with Gasteiger partial charge in [-0.15, -0.1) is 0 Å². The average molecular weight is 270 g/mol. The summed E-state index contributed by atoms with van der Waals surface area (Å²) in [5.74, 6) is 0.193. The van der Waals surface area contributed by atoms with Crippen LogP contribution < -0.4 is 12.4 Å². The zero-order valence-corrected chi connectivity index (χ0v) is 11.5. The molecule has 0 saturated carbocycles. The lowest BCUT2D eigenvalue weighted by Crippen LogP contribution is -3.00. The number of halogens is 1. The maximum atomic E-state index is 12.0. The van der Waals surface area contributed by atoms with Crippen LogP contribution in [-0.2, 0) is 0 Å². The van der Waals surface area contributed by atoms with Gasteiger partial charge in [-0.2, -0.15) is 0 Å². The second-order valence-corrected chi connectivity index (χ2v) is 5.38. The first-order chi connectivity index (χ1) is 7.68. The Bertz CT molecular complexity index is 419. The largest absolute Gasteiger partial charge is 1.00 e. The summed E-state index contributed by atoms with van der Waals surface area (Å²) in [5, 5.41) is 0.573. The summed E-state index contributed by atoms with van der Waals surface area (Å²) in [4.78, 5) is 12.0. The fraction of sp³-hybridized carbons (Fsp3) is 0.385. The molecule has 2 nitrogen and oxygen atoms in total. The number of thioether (sulfide) groups is 1. The van der Waals surface area contributed by atoms with Crippen molar-refractivity contribution < 1.29 is 21.8 Å². The van der Waals surface area contributed by atoms with Crippen LogP contribution in [0.2, 0.25) is 0 Å². The molecule has 92 valence electrons. The standard InChI is InChI=1S/C13H16NOS.ClH/c1-10-11(2)16-9-14(10)8-13(15)12-6-4-3-5-7-12;/h3-7,9-11H,8H2,1-2H3;1H/q+1;/p-1. The Hall–Kier alpha value is -0.800. The molecular weight excluding hydrogens is 254 g/mol. The molecule has 0 bridgehead atoms. The summed E-state index contributed by atoms with van der Waals surface area (Å²) in [5.41, 5.74) is 2.88. The Morgan fingerprint density at radius 1 is 1.29 bits per heavy atom. The third-order valence-electron chi connectivity index (χ3n) is 3.04. The van der Waals surface area contributed by atoms with Crippen molar-refractivity contribution in [1.82, 2.24) is 0 Å². The van der Waals surface area contributed by atoms with Crippen LogP contribution in [0.4, 0.5) is 0 Å². The number of carbonyl (C=O) groups is 1. The smallest absolute Gasteiger partial charge is 0.227 e. The van der Waals surface area contributed by atoms with Crippen molar-refractivity contribution in [2.45, 2.75) is 25.1 Å². The lowest BCUT2D eigenvalue weighted by molar-refractivity contribution is -0.539. The predicted molar refractivity (Wildman–Crippen MR) is 68.5 cm³/mol. The van der Waals surface area contributed by atoms with Gasteiger partial charge in [-0.05, 0) is 13.8 Å². The summed E-state index contributed by atoms with van der Waals surface area (Å²) in [6.07, 6.45) is 0. The van der Waals surface area contributed by atoms with Gasteiger partial charge in [0.1, 0.15) is 0 Å². The molecular formula is C13H16ClNOS. The summed E-state index contributed by atoms with van der Waals surface area (Å²) < 4.78 is 2.13. The van der Waals surface area contributed by atoms with Gasteiger partial charge in [0, 0.05) is 5.56 Å². The molecule has 0 saturated heterocycles. The molecule has 0 aliphatic carbocycles. The number of Topliss-reactive ketones (excluding diaryl/α,β-unsaturated/α-hetero) is 1. The molecule has 2 rings (SSSR count). The van der Waals surface area contributed by atoms with E-state index < -0.39 is 0 Å². The van der Waals surface area contributed by atoms with Gasteiger partial charge in [-0.1, -0.05) is 42.1 Å². The number of rotatable bonds is 3. The minimum absolute atomic E-state index is 0. The summed E-state index contributed by atoms with van der Waals surface area (Å²) in [6, 6.07) is 9.93. The van der Waals surface area contributed by atoms with Gasteiger partial charge >= 0.3 is 0 Å². The molecule has 1 aromatic rings. The summed E-state index contributed by atoms with van der Waals surface area (Å²) in [7, 11) is 0. The van der Waals surface area contributed by atoms with E-state index in [1.54, 1.807) is 11.8 Å². The maximum Gasteiger partial charge on any atom is 0.227 e. The van der Waals surface area contributed by atoms with E-state index in [-0.39, 0.29) is 18.2 Å². The Kier molecular flexibility index (Phi) is 5.22. The van der Waals surface area contributed by atoms with Crippen molar-refractivity contribution in [2.24, 2.45) is 0 Å². The molecule has 2 unspecified atom stereocenters. The van der Waals surface area contributed by atoms with Gasteiger partial charge in [0.05, 0.1) is 5.25 Å². The van der Waals surface area contributed by atoms with E-state index in [0.717, 1.165) is 5.56 Å². The molecule has 0 radical (unpaired) electrons. The van der Waals surface area contributed by atoms with E-state index in [4.69, 9.17) is 0 Å². The number of nitrogens with zero attached hydrogens (tertiary/aromatic N) is 1. The zero-order valence-electron chi connectivity index (χ0n) is 9.97. The fourth-order valence-electron chi connectivity index (χ4n) is 1.72. The molecule has 1 aromatic carbocycles. The van der Waals surface area contributed by atoms with Crippen molar-refractivity contribution in [3.63, 3.8) is 0 Å². The first-order valence-electron chi connectivity index (χ1n) is 5.51. The van der Waals surface area contributed by atoms with Crippen molar-refractivity contribution in [3.8, 4) is 0 Å². The molecule has 0 spiro atoms. The average Bonchev–Trinajstić information content (AvgIpc) is 2.62. The third kappa shape index (κ3) is 3.33. The minimum Gasteiger partial charge on any atom is -1.00 e. The van der Waals surface area contributed by atoms with Crippen LogP contribution in [0.25, 0.3) is 0 Å². The second kappa shape index (κ2) is 6.22. The van der Waals surface area contributed by atoms with Gasteiger partial charge < -0.3 is 12.4 Å². The number of hydrogen-bond donors (Lipinski definition) is 0. The molecule has 2 atom stereocenters. The molecule has 0 N–H and O–H groups in total. The van der Waals surface area contributed by atoms with Crippen molar-refractivity contribution in [2.75, 3.05) is 6.54 Å². The number of carbonyl (C=O) groups excluding carboxylic acids is 1. The van der Waals surface area contributed by atoms with Crippen LogP contribution in [0, 0.1) is 0 Å². The molecule has 4 heteroatoms. The van der Waals surface area contributed by atoms with E-state index in [9.17, 15) is 4.79 Å². The SMILES string of the molecule is CC1SC=[N+](CC(=O)c2ccccc2)C1C.[Cl-]. The monoisotopic (exact) mass is 269 g/mol. The van der Waals surface area contributed by atoms with Crippen molar-refractivity contribution >= 4 is 23.1 Å². The Labute approximate surface area is 113 Å². The summed E-state index contributed by atoms with van der Waals surface area (Å²) >= 11 is 1.80. The highest BCUT2D eigenvalue weighted by Gasteiger charge is 2.31. The van der Waals surface area contributed by atoms with Crippen LogP contribution >= 0.6 is 11.8 Å². The van der Waals surface area contributed by atoms with Crippen LogP contribution in [0.5, 0.6) is 0 Å². The fourth-order valence-corrected chi connectivity index (χ4v) is 2.71. The minimum atomic E-state index is 0. The molecule has 1 heterocycles. The van der Waals surface area contributed by atoms with Gasteiger partial charge in [0.15, 0.2) is 11.6 Å². The van der Waals surface area contributed by atoms with E-state index in [2.05, 4.69) is 24.0 Å². The Balaban J connectivity index is 0.00000144. The second-order valence-electron chi connectivity index (χ2n) is 4.15. The third-order valence-corrected chi connectivity index (χ3v) is 4.25. The zero-order chi connectivity index (χ0) is 11.5. The van der Waals surface area contributed by atoms with Crippen molar-refractivity contribution in [3.05, 3.63) is 35.9 Å². The first kappa shape index (κ1) is 14.3. The first-order valence-corrected chi connectivity index (χ1v) is 6.45. The summed E-state index contributed by atoms with van der Waals surface area (Å²) in [6.45, 7) is 4.85. The van der Waals surface area contributed by atoms with Crippen LogP contribution in [-0.4, -0.2) is 33.7 Å². The van der Waals surface area contributed by atoms with Gasteiger partial charge in [0.2, 0.25) is 12.3 Å². The molecule has 0 fully saturated rings. The van der Waals surface area contributed by atoms with Crippen LogP contribution in [0.1, 0.15) is 24.2 Å². The molecule has 0 amide bonds. The highest BCUT2D eigenvalue weighted by Crippen LogP contribution is 2.20. The van der Waals surface area contributed by atoms with Crippen LogP contribution in [0.15, 0.2) is 30.3 Å². The maximum absolute atomic E-state index is 12.0.